The van der Waals surface area contributed by atoms with Gasteiger partial charge in [-0.25, -0.2) is 87.8 Å². The first-order chi connectivity index (χ1) is 28.6. The lowest BCUT2D eigenvalue weighted by Crippen LogP contribution is -2.81. The van der Waals surface area contributed by atoms with Gasteiger partial charge in [-0.1, -0.05) is 37.6 Å². The van der Waals surface area contributed by atoms with Gasteiger partial charge in [0.25, 0.3) is 0 Å². The van der Waals surface area contributed by atoms with Crippen molar-refractivity contribution in [3.8, 4) is 0 Å². The van der Waals surface area contributed by atoms with E-state index in [1.165, 1.54) is 24.0 Å². The van der Waals surface area contributed by atoms with Crippen LogP contribution in [0, 0.1) is 116 Å². The third kappa shape index (κ3) is 7.51. The molecule has 0 unspecified atom stereocenters. The lowest BCUT2D eigenvalue weighted by Gasteiger charge is -2.44. The Kier molecular flexibility index (Phi) is 13.1. The fourth-order valence-corrected chi connectivity index (χ4v) is 6.64. The Labute approximate surface area is 328 Å². The zero-order valence-electron chi connectivity index (χ0n) is 29.8. The Morgan fingerprint density at radius 2 is 0.590 bits per heavy atom. The summed E-state index contributed by atoms with van der Waals surface area (Å²) >= 11 is 0. The van der Waals surface area contributed by atoms with Crippen LogP contribution in [0.1, 0.15) is 24.5 Å². The first kappa shape index (κ1) is 45.9. The predicted molar refractivity (Wildman–Crippen MR) is 173 cm³/mol. The molecule has 61 heavy (non-hydrogen) atoms. The molecule has 0 aliphatic heterocycles. The summed E-state index contributed by atoms with van der Waals surface area (Å²) in [6.07, 6.45) is 2.75. The third-order valence-electron chi connectivity index (χ3n) is 9.32. The summed E-state index contributed by atoms with van der Waals surface area (Å²) in [4.78, 5) is 4.00. The molecule has 0 N–H and O–H groups in total. The molecule has 0 aliphatic rings. The summed E-state index contributed by atoms with van der Waals surface area (Å²) in [5.74, 6) is -71.4. The summed E-state index contributed by atoms with van der Waals surface area (Å²) < 4.78 is 296. The maximum atomic E-state index is 15.4. The molecule has 0 radical (unpaired) electrons. The Bertz CT molecular complexity index is 2290. The van der Waals surface area contributed by atoms with Crippen LogP contribution in [-0.2, 0) is 13.0 Å². The second kappa shape index (κ2) is 17.4. The van der Waals surface area contributed by atoms with Gasteiger partial charge < -0.3 is 0 Å². The van der Waals surface area contributed by atoms with Gasteiger partial charge in [-0.3, -0.25) is 4.98 Å². The highest BCUT2D eigenvalue weighted by atomic mass is 19.2. The van der Waals surface area contributed by atoms with E-state index in [-0.39, 0.29) is 0 Å². The minimum atomic E-state index is -7.22. The van der Waals surface area contributed by atoms with Crippen molar-refractivity contribution in [1.29, 1.82) is 0 Å². The van der Waals surface area contributed by atoms with E-state index in [4.69, 9.17) is 0 Å². The summed E-state index contributed by atoms with van der Waals surface area (Å²) in [5.41, 5.74) is -11.6. The first-order valence-electron chi connectivity index (χ1n) is 16.7. The van der Waals surface area contributed by atoms with E-state index in [1.54, 1.807) is 0 Å². The molecule has 0 amide bonds. The topological polar surface area (TPSA) is 16.8 Å². The number of hydrogen-bond donors (Lipinski definition) is 0. The van der Waals surface area contributed by atoms with E-state index >= 15 is 35.1 Å². The number of aryl methyl sites for hydroxylation is 1. The molecule has 0 aliphatic carbocycles. The van der Waals surface area contributed by atoms with Crippen LogP contribution >= 0.6 is 0 Å². The van der Waals surface area contributed by atoms with Crippen molar-refractivity contribution >= 4 is 28.0 Å². The average molecular weight is 892 g/mol. The van der Waals surface area contributed by atoms with Crippen molar-refractivity contribution in [2.45, 2.75) is 26.3 Å². The van der Waals surface area contributed by atoms with E-state index in [0.29, 0.717) is 0 Å². The minimum Gasteiger partial charge on any atom is -0.252 e. The van der Waals surface area contributed by atoms with E-state index < -0.39 is 144 Å². The summed E-state index contributed by atoms with van der Waals surface area (Å²) in [6, 6.07) is 8.86. The molecule has 23 heteroatoms. The highest BCUT2D eigenvalue weighted by molar-refractivity contribution is 7.20. The van der Waals surface area contributed by atoms with E-state index in [2.05, 4.69) is 40.7 Å². The zero-order chi connectivity index (χ0) is 45.6. The average Bonchev–Trinajstić information content (AvgIpc) is 3.25. The Morgan fingerprint density at radius 3 is 0.836 bits per heavy atom. The van der Waals surface area contributed by atoms with Crippen molar-refractivity contribution in [3.63, 3.8) is 0 Å². The molecular weight excluding hydrogens is 875 g/mol. The van der Waals surface area contributed by atoms with Crippen LogP contribution in [0.5, 0.6) is 0 Å². The molecule has 0 saturated heterocycles. The van der Waals surface area contributed by atoms with Crippen LogP contribution in [-0.4, -0.2) is 11.1 Å². The highest BCUT2D eigenvalue weighted by Crippen LogP contribution is 2.30. The van der Waals surface area contributed by atoms with Crippen molar-refractivity contribution in [3.05, 3.63) is 177 Å². The van der Waals surface area contributed by atoms with Crippen LogP contribution < -0.4 is 26.4 Å². The standard InChI is InChI=1S/C24BF20.C14H17N2/c26-5-1(6(27)14(35)21(42)13(5)34)25(2-7(28)15(36)22(43)16(37)8(2)29,3-9(30)17(38)23(44)18(39)10(3)31)4-11(32)19(40)24(45)20(41)12(4)33;1-2-3-13-4-6-14(7-5-13)12-16-10-8-15-9-11-16/h;4-11H,2-3,12H2,1H3/q-1;+1. The first-order valence-corrected chi connectivity index (χ1v) is 16.7. The van der Waals surface area contributed by atoms with Gasteiger partial charge in [0.2, 0.25) is 0 Å². The van der Waals surface area contributed by atoms with Gasteiger partial charge in [0, 0.05) is 5.56 Å². The van der Waals surface area contributed by atoms with Crippen LogP contribution in [0.4, 0.5) is 87.8 Å². The number of rotatable bonds is 8. The molecule has 0 atom stereocenters. The molecule has 6 rings (SSSR count). The predicted octanol–water partition coefficient (Wildman–Crippen LogP) is 8.22. The smallest absolute Gasteiger partial charge is 0.200 e. The molecule has 0 fully saturated rings. The normalized spacial score (nSPS) is 11.6. The highest BCUT2D eigenvalue weighted by Gasteiger charge is 2.52. The fraction of sp³-hybridized carbons (Fsp3) is 0.105. The minimum absolute atomic E-state index is 0.912. The van der Waals surface area contributed by atoms with Gasteiger partial charge in [0.1, 0.15) is 52.7 Å². The fourth-order valence-electron chi connectivity index (χ4n) is 6.64. The summed E-state index contributed by atoms with van der Waals surface area (Å²) in [7, 11) is 0. The van der Waals surface area contributed by atoms with Crippen molar-refractivity contribution in [2.75, 3.05) is 0 Å². The molecule has 6 aromatic rings. The van der Waals surface area contributed by atoms with Gasteiger partial charge >= 0.3 is 0 Å². The SMILES string of the molecule is CCCc1ccc(C[n+]2ccncc2)cc1.Fc1c(F)c(F)c([B-](c2c(F)c(F)c(F)c(F)c2F)(c2c(F)c(F)c(F)c(F)c2F)c2c(F)c(F)c(F)c(F)c2F)c(F)c1F. The Morgan fingerprint density at radius 1 is 0.361 bits per heavy atom. The van der Waals surface area contributed by atoms with Crippen LogP contribution in [0.25, 0.3) is 0 Å². The molecule has 0 spiro atoms. The quantitative estimate of drug-likeness (QED) is 0.0496. The van der Waals surface area contributed by atoms with E-state index in [9.17, 15) is 52.7 Å². The van der Waals surface area contributed by atoms with Crippen LogP contribution in [0.3, 0.4) is 0 Å². The number of halogens is 20. The molecule has 0 saturated carbocycles. The number of nitrogens with zero attached hydrogens (tertiary/aromatic N) is 2. The second-order valence-electron chi connectivity index (χ2n) is 12.8. The van der Waals surface area contributed by atoms with Crippen LogP contribution in [0.15, 0.2) is 49.1 Å². The molecule has 1 heterocycles. The van der Waals surface area contributed by atoms with Gasteiger partial charge in [0.05, 0.1) is 12.4 Å². The summed E-state index contributed by atoms with van der Waals surface area (Å²) in [5, 5.41) is 0. The van der Waals surface area contributed by atoms with Gasteiger partial charge in [-0.15, -0.1) is 21.9 Å². The Balaban J connectivity index is 0.000000366. The number of benzene rings is 5. The van der Waals surface area contributed by atoms with Crippen LogP contribution in [0.2, 0.25) is 0 Å². The number of hydrogen-bond acceptors (Lipinski definition) is 1. The maximum Gasteiger partial charge on any atom is 0.200 e. The van der Waals surface area contributed by atoms with Crippen molar-refractivity contribution in [1.82, 2.24) is 4.98 Å². The van der Waals surface area contributed by atoms with E-state index in [1.807, 2.05) is 24.8 Å². The Hall–Kier alpha value is -6.16. The largest absolute Gasteiger partial charge is 0.252 e. The van der Waals surface area contributed by atoms with Gasteiger partial charge in [-0.2, -0.15) is 4.57 Å². The number of aromatic nitrogens is 2. The lowest BCUT2D eigenvalue weighted by molar-refractivity contribution is -0.688. The third-order valence-corrected chi connectivity index (χ3v) is 9.32. The molecule has 322 valence electrons. The van der Waals surface area contributed by atoms with Gasteiger partial charge in [-0.05, 0) is 12.0 Å². The maximum absolute atomic E-state index is 15.4. The zero-order valence-corrected chi connectivity index (χ0v) is 29.8. The lowest BCUT2D eigenvalue weighted by atomic mass is 9.12. The van der Waals surface area contributed by atoms with Crippen molar-refractivity contribution < 1.29 is 92.4 Å². The molecule has 0 bridgehead atoms. The second-order valence-corrected chi connectivity index (χ2v) is 12.8. The molecule has 2 nitrogen and oxygen atoms in total. The monoisotopic (exact) mass is 892 g/mol. The van der Waals surface area contributed by atoms with Crippen molar-refractivity contribution in [2.24, 2.45) is 0 Å². The molecule has 1 aromatic heterocycles. The van der Waals surface area contributed by atoms with Gasteiger partial charge in [0.15, 0.2) is 88.7 Å². The molecule has 5 aromatic carbocycles. The molecular formula is C38H17BF20N2. The van der Waals surface area contributed by atoms with E-state index in [0.717, 1.165) is 6.54 Å². The summed E-state index contributed by atoms with van der Waals surface area (Å²) in [6.45, 7) is 3.12.